The fraction of sp³-hybridized carbons (Fsp3) is 0.500. The average molecular weight is 275 g/mol. The molecule has 1 saturated carbocycles. The maximum absolute atomic E-state index is 12.1. The van der Waals surface area contributed by atoms with Crippen molar-refractivity contribution in [3.05, 3.63) is 35.4 Å². The van der Waals surface area contributed by atoms with Crippen molar-refractivity contribution >= 4 is 11.9 Å². The largest absolute Gasteiger partial charge is 0.481 e. The number of hydrogen-bond donors (Lipinski definition) is 2. The number of amides is 1. The maximum atomic E-state index is 12.1. The monoisotopic (exact) mass is 275 g/mol. The molecule has 1 amide bonds. The summed E-state index contributed by atoms with van der Waals surface area (Å²) in [6.45, 7) is 2.28. The van der Waals surface area contributed by atoms with Crippen molar-refractivity contribution in [2.45, 2.75) is 39.0 Å². The van der Waals surface area contributed by atoms with Crippen molar-refractivity contribution in [1.82, 2.24) is 5.32 Å². The van der Waals surface area contributed by atoms with Crippen molar-refractivity contribution in [1.29, 1.82) is 0 Å². The highest BCUT2D eigenvalue weighted by atomic mass is 16.4. The van der Waals surface area contributed by atoms with Gasteiger partial charge in [0.05, 0.1) is 5.41 Å². The van der Waals surface area contributed by atoms with E-state index in [4.69, 9.17) is 0 Å². The van der Waals surface area contributed by atoms with Crippen molar-refractivity contribution in [2.75, 3.05) is 6.54 Å². The van der Waals surface area contributed by atoms with Crippen LogP contribution in [-0.2, 0) is 11.2 Å². The number of benzene rings is 1. The lowest BCUT2D eigenvalue weighted by atomic mass is 9.86. The van der Waals surface area contributed by atoms with Crippen molar-refractivity contribution < 1.29 is 14.7 Å². The summed E-state index contributed by atoms with van der Waals surface area (Å²) in [6, 6.07) is 7.43. The lowest BCUT2D eigenvalue weighted by molar-refractivity contribution is -0.148. The zero-order valence-corrected chi connectivity index (χ0v) is 11.8. The molecule has 0 aliphatic heterocycles. The molecule has 1 fully saturated rings. The Morgan fingerprint density at radius 3 is 2.30 bits per heavy atom. The molecule has 4 nitrogen and oxygen atoms in total. The van der Waals surface area contributed by atoms with Crippen LogP contribution in [0.25, 0.3) is 0 Å². The van der Waals surface area contributed by atoms with Gasteiger partial charge in [-0.25, -0.2) is 0 Å². The van der Waals surface area contributed by atoms with Gasteiger partial charge in [0.15, 0.2) is 0 Å². The van der Waals surface area contributed by atoms with E-state index in [0.717, 1.165) is 19.3 Å². The Morgan fingerprint density at radius 2 is 1.80 bits per heavy atom. The van der Waals surface area contributed by atoms with Crippen LogP contribution >= 0.6 is 0 Å². The Bertz CT molecular complexity index is 487. The summed E-state index contributed by atoms with van der Waals surface area (Å²) in [5, 5.41) is 12.1. The maximum Gasteiger partial charge on any atom is 0.311 e. The lowest BCUT2D eigenvalue weighted by Gasteiger charge is -2.23. The quantitative estimate of drug-likeness (QED) is 0.868. The van der Waals surface area contributed by atoms with Gasteiger partial charge in [-0.05, 0) is 37.0 Å². The van der Waals surface area contributed by atoms with Crippen LogP contribution in [0.2, 0.25) is 0 Å². The minimum Gasteiger partial charge on any atom is -0.481 e. The van der Waals surface area contributed by atoms with Crippen LogP contribution in [0.15, 0.2) is 24.3 Å². The third-order valence-electron chi connectivity index (χ3n) is 4.23. The van der Waals surface area contributed by atoms with Crippen molar-refractivity contribution in [3.63, 3.8) is 0 Å². The molecule has 1 aliphatic carbocycles. The molecular formula is C16H21NO3. The second-order valence-electron chi connectivity index (χ2n) is 5.53. The minimum atomic E-state index is -0.795. The van der Waals surface area contributed by atoms with Crippen LogP contribution in [0.3, 0.4) is 0 Å². The summed E-state index contributed by atoms with van der Waals surface area (Å²) in [6.07, 6.45) is 4.08. The number of nitrogens with one attached hydrogen (secondary N) is 1. The van der Waals surface area contributed by atoms with Crippen LogP contribution < -0.4 is 5.32 Å². The Morgan fingerprint density at radius 1 is 1.20 bits per heavy atom. The second-order valence-corrected chi connectivity index (χ2v) is 5.53. The number of aliphatic carboxylic acids is 1. The molecule has 4 heteroatoms. The zero-order valence-electron chi connectivity index (χ0n) is 11.8. The first-order valence-corrected chi connectivity index (χ1v) is 7.18. The minimum absolute atomic E-state index is 0.194. The highest BCUT2D eigenvalue weighted by Gasteiger charge is 2.41. The molecular weight excluding hydrogens is 254 g/mol. The third kappa shape index (κ3) is 3.00. The molecule has 0 atom stereocenters. The molecule has 2 N–H and O–H groups in total. The average Bonchev–Trinajstić information content (AvgIpc) is 2.95. The number of carboxylic acids is 1. The first-order chi connectivity index (χ1) is 9.57. The molecule has 20 heavy (non-hydrogen) atoms. The van der Waals surface area contributed by atoms with Gasteiger partial charge in [0.1, 0.15) is 0 Å². The smallest absolute Gasteiger partial charge is 0.311 e. The molecule has 1 aromatic rings. The summed E-state index contributed by atoms with van der Waals surface area (Å²) < 4.78 is 0. The molecule has 1 aromatic carbocycles. The molecule has 0 heterocycles. The van der Waals surface area contributed by atoms with E-state index in [0.29, 0.717) is 18.4 Å². The van der Waals surface area contributed by atoms with E-state index in [-0.39, 0.29) is 12.5 Å². The number of rotatable bonds is 5. The van der Waals surface area contributed by atoms with Gasteiger partial charge in [-0.15, -0.1) is 0 Å². The number of carbonyl (C=O) groups excluding carboxylic acids is 1. The first kappa shape index (κ1) is 14.6. The van der Waals surface area contributed by atoms with Gasteiger partial charge in [-0.3, -0.25) is 9.59 Å². The highest BCUT2D eigenvalue weighted by molar-refractivity contribution is 5.94. The summed E-state index contributed by atoms with van der Waals surface area (Å²) in [5.74, 6) is -0.989. The standard InChI is InChI=1S/C16H21NO3/c1-2-12-5-7-13(8-6-12)14(18)17-11-16(15(19)20)9-3-4-10-16/h5-8H,2-4,9-11H2,1H3,(H,17,18)(H,19,20). The van der Waals surface area contributed by atoms with Gasteiger partial charge in [0.25, 0.3) is 5.91 Å². The number of carboxylic acid groups (broad SMARTS) is 1. The van der Waals surface area contributed by atoms with Gasteiger partial charge >= 0.3 is 5.97 Å². The molecule has 0 spiro atoms. The van der Waals surface area contributed by atoms with E-state index in [2.05, 4.69) is 12.2 Å². The third-order valence-corrected chi connectivity index (χ3v) is 4.23. The van der Waals surface area contributed by atoms with Crippen LogP contribution in [0.4, 0.5) is 0 Å². The van der Waals surface area contributed by atoms with E-state index in [1.54, 1.807) is 12.1 Å². The Kier molecular flexibility index (Phi) is 4.42. The van der Waals surface area contributed by atoms with Crippen molar-refractivity contribution in [3.8, 4) is 0 Å². The summed E-state index contributed by atoms with van der Waals surface area (Å²) in [4.78, 5) is 23.5. The SMILES string of the molecule is CCc1ccc(C(=O)NCC2(C(=O)O)CCCC2)cc1. The van der Waals surface area contributed by atoms with E-state index in [1.807, 2.05) is 12.1 Å². The van der Waals surface area contributed by atoms with Gasteiger partial charge in [-0.1, -0.05) is 31.9 Å². The summed E-state index contributed by atoms with van der Waals surface area (Å²) >= 11 is 0. The van der Waals surface area contributed by atoms with E-state index >= 15 is 0 Å². The summed E-state index contributed by atoms with van der Waals surface area (Å²) in [5.41, 5.74) is 0.999. The number of hydrogen-bond acceptors (Lipinski definition) is 2. The lowest BCUT2D eigenvalue weighted by Crippen LogP contribution is -2.41. The highest BCUT2D eigenvalue weighted by Crippen LogP contribution is 2.37. The second kappa shape index (κ2) is 6.07. The first-order valence-electron chi connectivity index (χ1n) is 7.18. The fourth-order valence-electron chi connectivity index (χ4n) is 2.76. The topological polar surface area (TPSA) is 66.4 Å². The number of carbonyl (C=O) groups is 2. The predicted octanol–water partition coefficient (Wildman–Crippen LogP) is 2.62. The van der Waals surface area contributed by atoms with Gasteiger partial charge < -0.3 is 10.4 Å². The van der Waals surface area contributed by atoms with Gasteiger partial charge in [-0.2, -0.15) is 0 Å². The molecule has 0 bridgehead atoms. The predicted molar refractivity (Wildman–Crippen MR) is 76.7 cm³/mol. The number of aryl methyl sites for hydroxylation is 1. The zero-order chi connectivity index (χ0) is 14.6. The van der Waals surface area contributed by atoms with Crippen LogP contribution in [0, 0.1) is 5.41 Å². The Labute approximate surface area is 119 Å². The van der Waals surface area contributed by atoms with E-state index < -0.39 is 11.4 Å². The Balaban J connectivity index is 1.98. The normalized spacial score (nSPS) is 16.9. The van der Waals surface area contributed by atoms with E-state index in [9.17, 15) is 14.7 Å². The Hall–Kier alpha value is -1.84. The molecule has 0 saturated heterocycles. The van der Waals surface area contributed by atoms with Gasteiger partial charge in [0, 0.05) is 12.1 Å². The molecule has 0 aromatic heterocycles. The summed E-state index contributed by atoms with van der Waals surface area (Å²) in [7, 11) is 0. The molecule has 2 rings (SSSR count). The van der Waals surface area contributed by atoms with Crippen LogP contribution in [0.1, 0.15) is 48.5 Å². The van der Waals surface area contributed by atoms with Gasteiger partial charge in [0.2, 0.25) is 0 Å². The van der Waals surface area contributed by atoms with Crippen molar-refractivity contribution in [2.24, 2.45) is 5.41 Å². The molecule has 0 unspecified atom stereocenters. The van der Waals surface area contributed by atoms with Crippen LogP contribution in [0.5, 0.6) is 0 Å². The molecule has 0 radical (unpaired) electrons. The van der Waals surface area contributed by atoms with Crippen LogP contribution in [-0.4, -0.2) is 23.5 Å². The fourth-order valence-corrected chi connectivity index (χ4v) is 2.76. The molecule has 108 valence electrons. The molecule has 1 aliphatic rings. The van der Waals surface area contributed by atoms with E-state index in [1.165, 1.54) is 5.56 Å².